The van der Waals surface area contributed by atoms with Gasteiger partial charge in [0, 0.05) is 89.0 Å². The number of thiazole rings is 2. The summed E-state index contributed by atoms with van der Waals surface area (Å²) in [5.41, 5.74) is 10.7. The van der Waals surface area contributed by atoms with E-state index in [4.69, 9.17) is 35.4 Å². The van der Waals surface area contributed by atoms with E-state index in [0.717, 1.165) is 86.5 Å². The molecule has 11 rings (SSSR count). The number of nitrogens with one attached hydrogen (secondary N) is 2. The van der Waals surface area contributed by atoms with Crippen molar-refractivity contribution in [2.75, 3.05) is 99.2 Å². The van der Waals surface area contributed by atoms with Crippen molar-refractivity contribution in [3.05, 3.63) is 100 Å². The first-order chi connectivity index (χ1) is 39.8. The van der Waals surface area contributed by atoms with E-state index in [1.807, 2.05) is 90.1 Å². The molecule has 5 saturated heterocycles. The van der Waals surface area contributed by atoms with Crippen molar-refractivity contribution in [3.8, 4) is 32.8 Å². The molecule has 9 heterocycles. The number of pyridine rings is 2. The highest BCUT2D eigenvalue weighted by Gasteiger charge is 2.52. The number of rotatable bonds is 10. The standard InChI is InChI=1S/C26H28F3N5O2S.C23H26ClF3N4O2.C9H14BNO2S/c1-17-2-3-20(31-25(35)34-5-4-18(15-34)13-26(27,28)29)12-21(17)19-10-22(23-14-30-16-37-23)32-24(11-19)33-6-8-36-9-7-33;1-15-2-3-18(28-22(32)31-5-4-16(14-31)13-23(25,26)27)12-19(15)17-10-20(24)29-21(11-17)30-6-8-33-9-7-30;1-8(2)9(3,4)13-10(12-8)7-5-11-6-14-7/h2-3,10-12,14,16,18H,4-9,13,15H2,1H3,(H,31,35);2-3,10-12,16H,4-9,13-14H2,1H3,(H,28,32);5-6H,1-4H3/t18-;16-;/m00./s1. The summed E-state index contributed by atoms with van der Waals surface area (Å²) >= 11 is 9.39. The number of aryl methyl sites for hydroxylation is 2. The molecule has 450 valence electrons. The van der Waals surface area contributed by atoms with Crippen molar-refractivity contribution in [1.29, 1.82) is 0 Å². The van der Waals surface area contributed by atoms with Crippen LogP contribution in [-0.2, 0) is 18.8 Å². The lowest BCUT2D eigenvalue weighted by molar-refractivity contribution is -0.144. The largest absolute Gasteiger partial charge is 0.507 e. The molecule has 2 aromatic carbocycles. The fourth-order valence-corrected chi connectivity index (χ4v) is 11.8. The minimum absolute atomic E-state index is 0.104. The van der Waals surface area contributed by atoms with E-state index in [0.29, 0.717) is 68.9 Å². The van der Waals surface area contributed by atoms with Crippen molar-refractivity contribution in [2.45, 2.75) is 90.8 Å². The lowest BCUT2D eigenvalue weighted by Gasteiger charge is -2.32. The number of ether oxygens (including phenoxy) is 2. The molecule has 6 aromatic rings. The number of hydrogen-bond acceptors (Lipinski definition) is 14. The Balaban J connectivity index is 0.000000165. The van der Waals surface area contributed by atoms with Crippen LogP contribution in [0.2, 0.25) is 5.15 Å². The molecule has 4 amide bonds. The third kappa shape index (κ3) is 16.5. The number of nitrogens with zero attached hydrogens (tertiary/aromatic N) is 8. The number of likely N-dealkylation sites (tertiary alicyclic amines) is 2. The van der Waals surface area contributed by atoms with Crippen molar-refractivity contribution < 1.29 is 54.7 Å². The SMILES string of the molecule is CC1(C)OB(c2cncs2)OC1(C)C.Cc1ccc(NC(=O)N2CC[C@@H](CC(F)(F)F)C2)cc1-c1cc(-c2cncs2)nc(N2CCOCC2)c1.Cc1ccc(NC(=O)N2CC[C@@H](CC(F)(F)F)C2)cc1-c1cc(Cl)nc(N2CCOCC2)c1. The van der Waals surface area contributed by atoms with Gasteiger partial charge in [-0.25, -0.2) is 19.6 Å². The predicted octanol–water partition coefficient (Wildman–Crippen LogP) is 12.6. The zero-order chi connectivity index (χ0) is 60.0. The summed E-state index contributed by atoms with van der Waals surface area (Å²) in [4.78, 5) is 51.2. The van der Waals surface area contributed by atoms with Crippen LogP contribution >= 0.6 is 34.3 Å². The Morgan fingerprint density at radius 3 is 1.56 bits per heavy atom. The smallest absolute Gasteiger partial charge is 0.399 e. The van der Waals surface area contributed by atoms with Crippen LogP contribution < -0.4 is 25.2 Å². The second-order valence-corrected chi connectivity index (χ2v) is 24.6. The highest BCUT2D eigenvalue weighted by atomic mass is 35.5. The van der Waals surface area contributed by atoms with Crippen LogP contribution in [0.15, 0.2) is 84.1 Å². The zero-order valence-electron chi connectivity index (χ0n) is 47.6. The quantitative estimate of drug-likeness (QED) is 0.0760. The van der Waals surface area contributed by atoms with Crippen molar-refractivity contribution in [3.63, 3.8) is 0 Å². The number of alkyl halides is 6. The summed E-state index contributed by atoms with van der Waals surface area (Å²) in [6.07, 6.45) is -5.85. The molecule has 5 aliphatic heterocycles. The summed E-state index contributed by atoms with van der Waals surface area (Å²) in [5, 5.41) is 6.08. The molecule has 16 nitrogen and oxygen atoms in total. The zero-order valence-corrected chi connectivity index (χ0v) is 50.0. The Kier molecular flexibility index (Phi) is 19.8. The third-order valence-electron chi connectivity index (χ3n) is 15.7. The van der Waals surface area contributed by atoms with Gasteiger partial charge in [0.15, 0.2) is 0 Å². The normalized spacial score (nSPS) is 19.6. The Hall–Kier alpha value is -6.09. The molecule has 0 radical (unpaired) electrons. The van der Waals surface area contributed by atoms with Crippen molar-refractivity contribution in [1.82, 2.24) is 29.7 Å². The fraction of sp³-hybridized carbons (Fsp3) is 0.483. The van der Waals surface area contributed by atoms with Gasteiger partial charge in [0.05, 0.1) is 64.0 Å². The van der Waals surface area contributed by atoms with E-state index in [9.17, 15) is 35.9 Å². The van der Waals surface area contributed by atoms with E-state index >= 15 is 0 Å². The molecule has 84 heavy (non-hydrogen) atoms. The second-order valence-electron chi connectivity index (χ2n) is 22.5. The number of carbonyl (C=O) groups is 2. The first-order valence-electron chi connectivity index (χ1n) is 27.8. The van der Waals surface area contributed by atoms with Crippen LogP contribution in [-0.4, -0.2) is 151 Å². The molecule has 5 aliphatic rings. The average molecular weight is 1230 g/mol. The minimum atomic E-state index is -4.22. The number of urea groups is 2. The van der Waals surface area contributed by atoms with Gasteiger partial charge in [-0.05, 0) is 148 Å². The van der Waals surface area contributed by atoms with Gasteiger partial charge < -0.3 is 49.0 Å². The Labute approximate surface area is 498 Å². The lowest BCUT2D eigenvalue weighted by Crippen LogP contribution is -2.41. The summed E-state index contributed by atoms with van der Waals surface area (Å²) in [5.74, 6) is 0.509. The van der Waals surface area contributed by atoms with Gasteiger partial charge in [0.25, 0.3) is 0 Å². The third-order valence-corrected chi connectivity index (χ3v) is 17.5. The van der Waals surface area contributed by atoms with Gasteiger partial charge in [-0.2, -0.15) is 26.3 Å². The van der Waals surface area contributed by atoms with Gasteiger partial charge in [-0.3, -0.25) is 9.97 Å². The molecule has 26 heteroatoms. The highest BCUT2D eigenvalue weighted by molar-refractivity contribution is 7.20. The van der Waals surface area contributed by atoms with Crippen molar-refractivity contribution in [2.24, 2.45) is 11.8 Å². The number of benzene rings is 2. The van der Waals surface area contributed by atoms with Crippen molar-refractivity contribution >= 4 is 81.2 Å². The first-order valence-corrected chi connectivity index (χ1v) is 29.9. The van der Waals surface area contributed by atoms with Gasteiger partial charge in [-0.15, -0.1) is 22.7 Å². The number of morpholine rings is 2. The second kappa shape index (κ2) is 26.7. The first kappa shape index (κ1) is 62.4. The molecule has 2 atom stereocenters. The van der Waals surface area contributed by atoms with Crippen LogP contribution in [0.1, 0.15) is 64.5 Å². The molecule has 0 bridgehead atoms. The number of aromatic nitrogens is 4. The van der Waals surface area contributed by atoms with Crippen LogP contribution in [0.25, 0.3) is 32.8 Å². The Morgan fingerprint density at radius 2 is 1.11 bits per heavy atom. The molecule has 0 spiro atoms. The highest BCUT2D eigenvalue weighted by Crippen LogP contribution is 2.39. The number of amides is 4. The lowest BCUT2D eigenvalue weighted by atomic mass is 9.89. The molecular formula is C58H68BClF6N10O6S2. The Morgan fingerprint density at radius 1 is 0.643 bits per heavy atom. The maximum absolute atomic E-state index is 12.8. The van der Waals surface area contributed by atoms with E-state index in [2.05, 4.69) is 35.4 Å². The van der Waals surface area contributed by atoms with Gasteiger partial charge >= 0.3 is 31.5 Å². The predicted molar refractivity (Wildman–Crippen MR) is 318 cm³/mol. The average Bonchev–Trinajstić information content (AvgIpc) is 4.43. The molecule has 5 fully saturated rings. The summed E-state index contributed by atoms with van der Waals surface area (Å²) in [6.45, 7) is 18.5. The fourth-order valence-electron chi connectivity index (χ4n) is 10.4. The summed E-state index contributed by atoms with van der Waals surface area (Å²) < 4.78 is 99.9. The molecule has 0 saturated carbocycles. The van der Waals surface area contributed by atoms with Crippen LogP contribution in [0.4, 0.5) is 58.9 Å². The van der Waals surface area contributed by atoms with Crippen LogP contribution in [0.5, 0.6) is 0 Å². The molecule has 2 N–H and O–H groups in total. The molecular weight excluding hydrogens is 1160 g/mol. The Bertz CT molecular complexity index is 3190. The molecule has 4 aromatic heterocycles. The van der Waals surface area contributed by atoms with E-state index in [-0.39, 0.29) is 37.4 Å². The topological polar surface area (TPSA) is 160 Å². The van der Waals surface area contributed by atoms with Gasteiger partial charge in [0.1, 0.15) is 16.8 Å². The summed E-state index contributed by atoms with van der Waals surface area (Å²) in [7, 11) is -0.257. The van der Waals surface area contributed by atoms with E-state index in [1.165, 1.54) is 21.1 Å². The van der Waals surface area contributed by atoms with Crippen LogP contribution in [0.3, 0.4) is 0 Å². The van der Waals surface area contributed by atoms with Crippen LogP contribution in [0, 0.1) is 25.7 Å². The number of halogens is 7. The van der Waals surface area contributed by atoms with Gasteiger partial charge in [0.2, 0.25) is 0 Å². The number of hydrogen-bond donors (Lipinski definition) is 2. The number of anilines is 4. The summed E-state index contributed by atoms with van der Waals surface area (Å²) in [6, 6.07) is 18.2. The van der Waals surface area contributed by atoms with E-state index in [1.54, 1.807) is 46.9 Å². The van der Waals surface area contributed by atoms with Gasteiger partial charge in [-0.1, -0.05) is 23.7 Å². The molecule has 0 unspecified atom stereocenters. The minimum Gasteiger partial charge on any atom is -0.399 e. The number of carbonyl (C=O) groups excluding carboxylic acids is 2. The molecule has 0 aliphatic carbocycles. The van der Waals surface area contributed by atoms with E-state index < -0.39 is 43.1 Å². The maximum Gasteiger partial charge on any atom is 0.507 e. The maximum atomic E-state index is 12.8. The monoisotopic (exact) mass is 1220 g/mol.